The molecule has 0 spiro atoms. The Kier molecular flexibility index (Phi) is 3.60. The maximum atomic E-state index is 12.0. The SMILES string of the molecule is O=C(/C=C/c1ccc2c(c1)OCO2)N1CCC[C@H](O)C1. The summed E-state index contributed by atoms with van der Waals surface area (Å²) in [6.45, 7) is 1.37. The molecular weight excluding hydrogens is 258 g/mol. The minimum atomic E-state index is -0.397. The number of ether oxygens (including phenoxy) is 2. The molecule has 1 aromatic carbocycles. The number of piperidine rings is 1. The number of amides is 1. The van der Waals surface area contributed by atoms with Gasteiger partial charge in [-0.1, -0.05) is 6.07 Å². The molecule has 3 rings (SSSR count). The van der Waals surface area contributed by atoms with Crippen LogP contribution in [0, 0.1) is 0 Å². The summed E-state index contributed by atoms with van der Waals surface area (Å²) in [5.74, 6) is 1.36. The zero-order valence-corrected chi connectivity index (χ0v) is 11.1. The molecule has 1 aromatic rings. The van der Waals surface area contributed by atoms with Crippen LogP contribution in [0.5, 0.6) is 11.5 Å². The van der Waals surface area contributed by atoms with Crippen molar-refractivity contribution < 1.29 is 19.4 Å². The number of fused-ring (bicyclic) bond motifs is 1. The van der Waals surface area contributed by atoms with E-state index in [2.05, 4.69) is 0 Å². The fraction of sp³-hybridized carbons (Fsp3) is 0.400. The molecule has 1 saturated heterocycles. The zero-order chi connectivity index (χ0) is 13.9. The molecule has 2 aliphatic rings. The largest absolute Gasteiger partial charge is 0.454 e. The minimum absolute atomic E-state index is 0.0681. The predicted molar refractivity (Wildman–Crippen MR) is 73.4 cm³/mol. The fourth-order valence-electron chi connectivity index (χ4n) is 2.44. The van der Waals surface area contributed by atoms with Gasteiger partial charge in [0, 0.05) is 19.2 Å². The van der Waals surface area contributed by atoms with E-state index in [1.165, 1.54) is 6.08 Å². The van der Waals surface area contributed by atoms with Crippen molar-refractivity contribution in [2.24, 2.45) is 0 Å². The Hall–Kier alpha value is -2.01. The van der Waals surface area contributed by atoms with Crippen LogP contribution in [0.4, 0.5) is 0 Å². The molecule has 0 saturated carbocycles. The number of hydrogen-bond donors (Lipinski definition) is 1. The summed E-state index contributed by atoms with van der Waals surface area (Å²) in [4.78, 5) is 13.7. The van der Waals surface area contributed by atoms with Crippen LogP contribution in [0.2, 0.25) is 0 Å². The summed E-state index contributed by atoms with van der Waals surface area (Å²) >= 11 is 0. The monoisotopic (exact) mass is 275 g/mol. The molecule has 1 amide bonds. The molecule has 0 aliphatic carbocycles. The van der Waals surface area contributed by atoms with Crippen molar-refractivity contribution in [3.8, 4) is 11.5 Å². The number of β-amino-alcohol motifs (C(OH)–C–C–N with tert-alkyl or cyclic N) is 1. The average Bonchev–Trinajstić information content (AvgIpc) is 2.92. The summed E-state index contributed by atoms with van der Waals surface area (Å²) in [7, 11) is 0. The number of aliphatic hydroxyl groups is 1. The van der Waals surface area contributed by atoms with E-state index in [1.807, 2.05) is 18.2 Å². The number of nitrogens with zero attached hydrogens (tertiary/aromatic N) is 1. The van der Waals surface area contributed by atoms with Gasteiger partial charge in [-0.05, 0) is 36.6 Å². The van der Waals surface area contributed by atoms with Crippen molar-refractivity contribution in [1.82, 2.24) is 4.90 Å². The van der Waals surface area contributed by atoms with Crippen LogP contribution in [-0.2, 0) is 4.79 Å². The molecule has 1 atom stereocenters. The van der Waals surface area contributed by atoms with E-state index in [-0.39, 0.29) is 12.7 Å². The van der Waals surface area contributed by atoms with Crippen LogP contribution < -0.4 is 9.47 Å². The van der Waals surface area contributed by atoms with Gasteiger partial charge in [-0.25, -0.2) is 0 Å². The van der Waals surface area contributed by atoms with Gasteiger partial charge in [0.15, 0.2) is 11.5 Å². The molecular formula is C15H17NO4. The molecule has 2 heterocycles. The van der Waals surface area contributed by atoms with Crippen LogP contribution in [0.15, 0.2) is 24.3 Å². The van der Waals surface area contributed by atoms with Gasteiger partial charge in [0.2, 0.25) is 12.7 Å². The van der Waals surface area contributed by atoms with E-state index in [9.17, 15) is 9.90 Å². The van der Waals surface area contributed by atoms with Crippen LogP contribution in [0.3, 0.4) is 0 Å². The van der Waals surface area contributed by atoms with Gasteiger partial charge >= 0.3 is 0 Å². The molecule has 106 valence electrons. The molecule has 0 unspecified atom stereocenters. The molecule has 20 heavy (non-hydrogen) atoms. The van der Waals surface area contributed by atoms with Crippen LogP contribution in [0.25, 0.3) is 6.08 Å². The maximum absolute atomic E-state index is 12.0. The Balaban J connectivity index is 1.66. The van der Waals surface area contributed by atoms with Crippen molar-refractivity contribution in [2.45, 2.75) is 18.9 Å². The van der Waals surface area contributed by atoms with Crippen LogP contribution in [0.1, 0.15) is 18.4 Å². The van der Waals surface area contributed by atoms with Crippen LogP contribution >= 0.6 is 0 Å². The number of rotatable bonds is 2. The van der Waals surface area contributed by atoms with E-state index in [1.54, 1.807) is 11.0 Å². The molecule has 0 aromatic heterocycles. The smallest absolute Gasteiger partial charge is 0.246 e. The number of likely N-dealkylation sites (tertiary alicyclic amines) is 1. The summed E-state index contributed by atoms with van der Waals surface area (Å²) in [5.41, 5.74) is 0.889. The summed E-state index contributed by atoms with van der Waals surface area (Å²) in [5, 5.41) is 9.57. The van der Waals surface area contributed by atoms with E-state index >= 15 is 0 Å². The van der Waals surface area contributed by atoms with Crippen molar-refractivity contribution in [1.29, 1.82) is 0 Å². The Morgan fingerprint density at radius 3 is 3.05 bits per heavy atom. The number of aliphatic hydroxyl groups excluding tert-OH is 1. The number of carbonyl (C=O) groups excluding carboxylic acids is 1. The van der Waals surface area contributed by atoms with Gasteiger partial charge in [0.1, 0.15) is 0 Å². The van der Waals surface area contributed by atoms with Crippen molar-refractivity contribution in [2.75, 3.05) is 19.9 Å². The summed E-state index contributed by atoms with van der Waals surface area (Å²) in [6.07, 6.45) is 4.52. The van der Waals surface area contributed by atoms with Crippen molar-refractivity contribution >= 4 is 12.0 Å². The lowest BCUT2D eigenvalue weighted by molar-refractivity contribution is -0.128. The topological polar surface area (TPSA) is 59.0 Å². The first-order chi connectivity index (χ1) is 9.72. The second-order valence-electron chi connectivity index (χ2n) is 5.03. The Bertz CT molecular complexity index is 541. The highest BCUT2D eigenvalue weighted by Gasteiger charge is 2.20. The normalized spacial score (nSPS) is 21.4. The predicted octanol–water partition coefficient (Wildman–Crippen LogP) is 1.41. The summed E-state index contributed by atoms with van der Waals surface area (Å²) < 4.78 is 10.5. The van der Waals surface area contributed by atoms with E-state index in [4.69, 9.17) is 9.47 Å². The van der Waals surface area contributed by atoms with Gasteiger partial charge in [0.05, 0.1) is 6.10 Å². The molecule has 1 fully saturated rings. The second kappa shape index (κ2) is 5.54. The Labute approximate surface area is 117 Å². The number of carbonyl (C=O) groups is 1. The quantitative estimate of drug-likeness (QED) is 0.829. The van der Waals surface area contributed by atoms with Crippen molar-refractivity contribution in [3.63, 3.8) is 0 Å². The molecule has 5 nitrogen and oxygen atoms in total. The highest BCUT2D eigenvalue weighted by Crippen LogP contribution is 2.32. The van der Waals surface area contributed by atoms with Crippen LogP contribution in [-0.4, -0.2) is 41.9 Å². The first-order valence-electron chi connectivity index (χ1n) is 6.77. The number of benzene rings is 1. The van der Waals surface area contributed by atoms with E-state index in [0.717, 1.165) is 24.2 Å². The highest BCUT2D eigenvalue weighted by atomic mass is 16.7. The first-order valence-corrected chi connectivity index (χ1v) is 6.77. The Morgan fingerprint density at radius 2 is 2.20 bits per heavy atom. The van der Waals surface area contributed by atoms with Gasteiger partial charge in [-0.3, -0.25) is 4.79 Å². The average molecular weight is 275 g/mol. The molecule has 0 radical (unpaired) electrons. The molecule has 1 N–H and O–H groups in total. The fourth-order valence-corrected chi connectivity index (χ4v) is 2.44. The lowest BCUT2D eigenvalue weighted by Gasteiger charge is -2.29. The zero-order valence-electron chi connectivity index (χ0n) is 11.1. The lowest BCUT2D eigenvalue weighted by atomic mass is 10.1. The molecule has 5 heteroatoms. The minimum Gasteiger partial charge on any atom is -0.454 e. The van der Waals surface area contributed by atoms with Gasteiger partial charge in [-0.2, -0.15) is 0 Å². The van der Waals surface area contributed by atoms with Crippen molar-refractivity contribution in [3.05, 3.63) is 29.8 Å². The summed E-state index contributed by atoms with van der Waals surface area (Å²) in [6, 6.07) is 5.55. The van der Waals surface area contributed by atoms with E-state index < -0.39 is 6.10 Å². The van der Waals surface area contributed by atoms with Gasteiger partial charge < -0.3 is 19.5 Å². The number of hydrogen-bond acceptors (Lipinski definition) is 4. The first kappa shape index (κ1) is 13.0. The maximum Gasteiger partial charge on any atom is 0.246 e. The lowest BCUT2D eigenvalue weighted by Crippen LogP contribution is -2.41. The van der Waals surface area contributed by atoms with Gasteiger partial charge in [0.25, 0.3) is 0 Å². The van der Waals surface area contributed by atoms with Gasteiger partial charge in [-0.15, -0.1) is 0 Å². The Morgan fingerprint density at radius 1 is 1.35 bits per heavy atom. The van der Waals surface area contributed by atoms with E-state index in [0.29, 0.717) is 18.8 Å². The third-order valence-corrected chi connectivity index (χ3v) is 3.52. The second-order valence-corrected chi connectivity index (χ2v) is 5.03. The highest BCUT2D eigenvalue weighted by molar-refractivity contribution is 5.92. The standard InChI is InChI=1S/C15H17NO4/c17-12-2-1-7-16(9-12)15(18)6-4-11-3-5-13-14(8-11)20-10-19-13/h3-6,8,12,17H,1-2,7,9-10H2/b6-4+/t12-/m0/s1. The molecule has 0 bridgehead atoms. The molecule has 2 aliphatic heterocycles. The third-order valence-electron chi connectivity index (χ3n) is 3.52. The third kappa shape index (κ3) is 2.77.